The van der Waals surface area contributed by atoms with Gasteiger partial charge in [0.15, 0.2) is 0 Å². The van der Waals surface area contributed by atoms with E-state index < -0.39 is 0 Å². The number of amides is 1. The summed E-state index contributed by atoms with van der Waals surface area (Å²) in [5.41, 5.74) is 2.06. The molecule has 110 valence electrons. The molecule has 0 spiro atoms. The molecule has 0 saturated carbocycles. The van der Waals surface area contributed by atoms with Gasteiger partial charge in [0.25, 0.3) is 0 Å². The molecule has 1 unspecified atom stereocenters. The van der Waals surface area contributed by atoms with Crippen LogP contribution in [0, 0.1) is 0 Å². The average molecular weight is 276 g/mol. The number of rotatable bonds is 6. The summed E-state index contributed by atoms with van der Waals surface area (Å²) in [6.07, 6.45) is 3.66. The van der Waals surface area contributed by atoms with Gasteiger partial charge in [-0.2, -0.15) is 0 Å². The van der Waals surface area contributed by atoms with E-state index in [0.717, 1.165) is 43.6 Å². The van der Waals surface area contributed by atoms with Crippen molar-refractivity contribution < 1.29 is 9.90 Å². The third kappa shape index (κ3) is 3.58. The smallest absolute Gasteiger partial charge is 0.244 e. The quantitative estimate of drug-likeness (QED) is 0.832. The Morgan fingerprint density at radius 3 is 2.75 bits per heavy atom. The fourth-order valence-corrected chi connectivity index (χ4v) is 2.61. The number of benzene rings is 1. The van der Waals surface area contributed by atoms with E-state index in [-0.39, 0.29) is 18.6 Å². The van der Waals surface area contributed by atoms with Crippen LogP contribution in [0.2, 0.25) is 0 Å². The monoisotopic (exact) mass is 276 g/mol. The number of carbonyl (C=O) groups is 1. The molecule has 1 fully saturated rings. The molecule has 1 aliphatic heterocycles. The Kier molecular flexibility index (Phi) is 5.56. The summed E-state index contributed by atoms with van der Waals surface area (Å²) >= 11 is 0. The van der Waals surface area contributed by atoms with Crippen LogP contribution in [-0.2, 0) is 11.2 Å². The molecule has 1 heterocycles. The predicted octanol–water partition coefficient (Wildman–Crippen LogP) is 1.72. The zero-order valence-electron chi connectivity index (χ0n) is 12.1. The minimum Gasteiger partial charge on any atom is -0.396 e. The first-order chi connectivity index (χ1) is 9.76. The van der Waals surface area contributed by atoms with Crippen molar-refractivity contribution in [3.63, 3.8) is 0 Å². The maximum Gasteiger partial charge on any atom is 0.244 e. The van der Waals surface area contributed by atoms with Crippen LogP contribution in [0.1, 0.15) is 31.7 Å². The zero-order valence-corrected chi connectivity index (χ0v) is 12.1. The van der Waals surface area contributed by atoms with Gasteiger partial charge in [-0.3, -0.25) is 4.79 Å². The van der Waals surface area contributed by atoms with Crippen molar-refractivity contribution in [2.75, 3.05) is 24.6 Å². The van der Waals surface area contributed by atoms with Crippen LogP contribution in [-0.4, -0.2) is 36.8 Å². The predicted molar refractivity (Wildman–Crippen MR) is 80.9 cm³/mol. The molecular weight excluding hydrogens is 252 g/mol. The van der Waals surface area contributed by atoms with E-state index in [9.17, 15) is 4.79 Å². The first kappa shape index (κ1) is 15.0. The van der Waals surface area contributed by atoms with Gasteiger partial charge >= 0.3 is 0 Å². The summed E-state index contributed by atoms with van der Waals surface area (Å²) in [6, 6.07) is 7.89. The molecule has 1 aliphatic rings. The number of hydrogen-bond donors (Lipinski definition) is 2. The number of anilines is 1. The Labute approximate surface area is 120 Å². The SMILES string of the molecule is CCCNC1CCCN(c2ccc(CCO)cc2)C1=O. The summed E-state index contributed by atoms with van der Waals surface area (Å²) in [5.74, 6) is 0.180. The van der Waals surface area contributed by atoms with Crippen molar-refractivity contribution in [3.05, 3.63) is 29.8 Å². The van der Waals surface area contributed by atoms with Crippen molar-refractivity contribution in [3.8, 4) is 0 Å². The molecule has 4 heteroatoms. The maximum absolute atomic E-state index is 12.5. The van der Waals surface area contributed by atoms with E-state index >= 15 is 0 Å². The lowest BCUT2D eigenvalue weighted by atomic mass is 10.0. The molecule has 0 radical (unpaired) electrons. The van der Waals surface area contributed by atoms with Crippen LogP contribution in [0.25, 0.3) is 0 Å². The molecule has 1 amide bonds. The number of carbonyl (C=O) groups excluding carboxylic acids is 1. The summed E-state index contributed by atoms with van der Waals surface area (Å²) < 4.78 is 0. The molecule has 1 aromatic carbocycles. The van der Waals surface area contributed by atoms with Gasteiger partial charge in [-0.1, -0.05) is 19.1 Å². The molecule has 0 bridgehead atoms. The Morgan fingerprint density at radius 1 is 1.35 bits per heavy atom. The first-order valence-corrected chi connectivity index (χ1v) is 7.50. The fraction of sp³-hybridized carbons (Fsp3) is 0.562. The minimum absolute atomic E-state index is 0.0409. The molecule has 1 aromatic rings. The van der Waals surface area contributed by atoms with Crippen molar-refractivity contribution in [2.24, 2.45) is 0 Å². The number of nitrogens with zero attached hydrogens (tertiary/aromatic N) is 1. The van der Waals surface area contributed by atoms with Crippen LogP contribution < -0.4 is 10.2 Å². The Balaban J connectivity index is 2.04. The number of aliphatic hydroxyl groups is 1. The number of piperidine rings is 1. The maximum atomic E-state index is 12.5. The van der Waals surface area contributed by atoms with Crippen LogP contribution >= 0.6 is 0 Å². The lowest BCUT2D eigenvalue weighted by Crippen LogP contribution is -2.51. The molecule has 1 atom stereocenters. The molecule has 0 aromatic heterocycles. The summed E-state index contributed by atoms with van der Waals surface area (Å²) in [4.78, 5) is 14.3. The van der Waals surface area contributed by atoms with Crippen molar-refractivity contribution in [1.82, 2.24) is 5.32 Å². The van der Waals surface area contributed by atoms with Crippen molar-refractivity contribution >= 4 is 11.6 Å². The van der Waals surface area contributed by atoms with E-state index in [2.05, 4.69) is 12.2 Å². The van der Waals surface area contributed by atoms with Crippen LogP contribution in [0.4, 0.5) is 5.69 Å². The van der Waals surface area contributed by atoms with E-state index in [4.69, 9.17) is 5.11 Å². The topological polar surface area (TPSA) is 52.6 Å². The zero-order chi connectivity index (χ0) is 14.4. The largest absolute Gasteiger partial charge is 0.396 e. The third-order valence-corrected chi connectivity index (χ3v) is 3.73. The normalized spacial score (nSPS) is 19.4. The van der Waals surface area contributed by atoms with Gasteiger partial charge in [-0.05, 0) is 49.9 Å². The highest BCUT2D eigenvalue weighted by Gasteiger charge is 2.28. The highest BCUT2D eigenvalue weighted by molar-refractivity contribution is 5.97. The molecule has 1 saturated heterocycles. The summed E-state index contributed by atoms with van der Waals surface area (Å²) in [6.45, 7) is 3.95. The molecule has 2 rings (SSSR count). The number of nitrogens with one attached hydrogen (secondary N) is 1. The Hall–Kier alpha value is -1.39. The molecule has 4 nitrogen and oxygen atoms in total. The number of aliphatic hydroxyl groups excluding tert-OH is 1. The standard InChI is InChI=1S/C16H24N2O2/c1-2-10-17-15-4-3-11-18(16(15)20)14-7-5-13(6-8-14)9-12-19/h5-8,15,17,19H,2-4,9-12H2,1H3. The van der Waals surface area contributed by atoms with E-state index in [1.807, 2.05) is 29.2 Å². The average Bonchev–Trinajstić information content (AvgIpc) is 2.48. The highest BCUT2D eigenvalue weighted by atomic mass is 16.3. The highest BCUT2D eigenvalue weighted by Crippen LogP contribution is 2.21. The summed E-state index contributed by atoms with van der Waals surface area (Å²) in [7, 11) is 0. The van der Waals surface area contributed by atoms with Crippen LogP contribution in [0.15, 0.2) is 24.3 Å². The van der Waals surface area contributed by atoms with Crippen molar-refractivity contribution in [2.45, 2.75) is 38.6 Å². The van der Waals surface area contributed by atoms with E-state index in [0.29, 0.717) is 6.42 Å². The second-order valence-corrected chi connectivity index (χ2v) is 5.28. The molecule has 0 aliphatic carbocycles. The summed E-state index contributed by atoms with van der Waals surface area (Å²) in [5, 5.41) is 12.3. The van der Waals surface area contributed by atoms with Gasteiger partial charge in [-0.15, -0.1) is 0 Å². The third-order valence-electron chi connectivity index (χ3n) is 3.73. The van der Waals surface area contributed by atoms with Gasteiger partial charge in [0.2, 0.25) is 5.91 Å². The number of hydrogen-bond acceptors (Lipinski definition) is 3. The van der Waals surface area contributed by atoms with Crippen LogP contribution in [0.3, 0.4) is 0 Å². The van der Waals surface area contributed by atoms with Gasteiger partial charge in [0, 0.05) is 18.8 Å². The lowest BCUT2D eigenvalue weighted by Gasteiger charge is -2.33. The second-order valence-electron chi connectivity index (χ2n) is 5.28. The molecule has 20 heavy (non-hydrogen) atoms. The van der Waals surface area contributed by atoms with Crippen molar-refractivity contribution in [1.29, 1.82) is 0 Å². The Bertz CT molecular complexity index is 431. The second kappa shape index (κ2) is 7.41. The lowest BCUT2D eigenvalue weighted by molar-refractivity contribution is -0.121. The van der Waals surface area contributed by atoms with E-state index in [1.165, 1.54) is 0 Å². The molecular formula is C16H24N2O2. The first-order valence-electron chi connectivity index (χ1n) is 7.50. The van der Waals surface area contributed by atoms with Gasteiger partial charge in [-0.25, -0.2) is 0 Å². The van der Waals surface area contributed by atoms with E-state index in [1.54, 1.807) is 0 Å². The van der Waals surface area contributed by atoms with Crippen LogP contribution in [0.5, 0.6) is 0 Å². The van der Waals surface area contributed by atoms with Gasteiger partial charge in [0.1, 0.15) is 0 Å². The minimum atomic E-state index is -0.0409. The fourth-order valence-electron chi connectivity index (χ4n) is 2.61. The van der Waals surface area contributed by atoms with Gasteiger partial charge in [0.05, 0.1) is 6.04 Å². The Morgan fingerprint density at radius 2 is 2.10 bits per heavy atom. The molecule has 2 N–H and O–H groups in total. The van der Waals surface area contributed by atoms with Gasteiger partial charge < -0.3 is 15.3 Å².